The molecule has 4 amide bonds. The number of carbonyl (C=O) groups is 4. The van der Waals surface area contributed by atoms with Crippen LogP contribution < -0.4 is 4.90 Å². The van der Waals surface area contributed by atoms with E-state index in [-0.39, 0.29) is 30.5 Å². The average molecular weight is 397 g/mol. The molecule has 150 valence electrons. The average Bonchev–Trinajstić information content (AvgIpc) is 3.37. The third-order valence-corrected chi connectivity index (χ3v) is 5.78. The molecule has 0 aliphatic carbocycles. The lowest BCUT2D eigenvalue weighted by Crippen LogP contribution is -2.54. The highest BCUT2D eigenvalue weighted by molar-refractivity contribution is 6.22. The van der Waals surface area contributed by atoms with Crippen molar-refractivity contribution in [3.8, 4) is 6.07 Å². The minimum atomic E-state index is -0.737. The van der Waals surface area contributed by atoms with Crippen molar-refractivity contribution in [2.24, 2.45) is 0 Å². The standard InChI is InChI=1S/C19H19N5O5/c1-10-5-11(8-21-13(10)7-20)24-18(27)17-14-6-12(23(17)19(24)28)9-22(14)15(25)3-4-16(26)29-2/h5,8,12,14,17H,3-4,6,9H2,1-2H3. The molecule has 3 aliphatic heterocycles. The largest absolute Gasteiger partial charge is 0.469 e. The second-order valence-electron chi connectivity index (χ2n) is 7.36. The molecule has 3 fully saturated rings. The zero-order valence-corrected chi connectivity index (χ0v) is 16.0. The maximum absolute atomic E-state index is 13.1. The molecule has 10 nitrogen and oxygen atoms in total. The highest BCUT2D eigenvalue weighted by Crippen LogP contribution is 2.42. The first-order valence-electron chi connectivity index (χ1n) is 9.26. The first-order valence-corrected chi connectivity index (χ1v) is 9.26. The van der Waals surface area contributed by atoms with Gasteiger partial charge in [0.05, 0.1) is 37.5 Å². The van der Waals surface area contributed by atoms with E-state index < -0.39 is 30.0 Å². The molecule has 4 rings (SSSR count). The number of nitrogens with zero attached hydrogens (tertiary/aromatic N) is 5. The number of pyridine rings is 1. The fourth-order valence-corrected chi connectivity index (χ4v) is 4.44. The van der Waals surface area contributed by atoms with E-state index in [1.165, 1.54) is 13.3 Å². The van der Waals surface area contributed by atoms with Gasteiger partial charge in [-0.05, 0) is 25.0 Å². The quantitative estimate of drug-likeness (QED) is 0.530. The van der Waals surface area contributed by atoms with Crippen LogP contribution in [-0.2, 0) is 19.1 Å². The lowest BCUT2D eigenvalue weighted by atomic mass is 10.1. The van der Waals surface area contributed by atoms with Gasteiger partial charge < -0.3 is 14.5 Å². The number of nitriles is 1. The van der Waals surface area contributed by atoms with E-state index in [1.807, 2.05) is 6.07 Å². The molecule has 3 saturated heterocycles. The molecule has 0 aromatic carbocycles. The van der Waals surface area contributed by atoms with Gasteiger partial charge in [-0.2, -0.15) is 5.26 Å². The molecule has 3 aliphatic rings. The molecule has 1 aromatic rings. The van der Waals surface area contributed by atoms with Gasteiger partial charge in [0.2, 0.25) is 5.91 Å². The number of esters is 1. The fraction of sp³-hybridized carbons (Fsp3) is 0.474. The molecule has 3 unspecified atom stereocenters. The van der Waals surface area contributed by atoms with Crippen LogP contribution in [0.4, 0.5) is 10.5 Å². The van der Waals surface area contributed by atoms with Crippen molar-refractivity contribution < 1.29 is 23.9 Å². The summed E-state index contributed by atoms with van der Waals surface area (Å²) in [5, 5.41) is 9.03. The lowest BCUT2D eigenvalue weighted by molar-refractivity contribution is -0.144. The number of urea groups is 1. The maximum atomic E-state index is 13.1. The molecule has 0 radical (unpaired) electrons. The van der Waals surface area contributed by atoms with Gasteiger partial charge in [0.15, 0.2) is 0 Å². The summed E-state index contributed by atoms with van der Waals surface area (Å²) >= 11 is 0. The van der Waals surface area contributed by atoms with E-state index in [2.05, 4.69) is 9.72 Å². The second kappa shape index (κ2) is 6.84. The van der Waals surface area contributed by atoms with E-state index in [4.69, 9.17) is 5.26 Å². The van der Waals surface area contributed by atoms with Crippen LogP contribution in [0.5, 0.6) is 0 Å². The number of hydrogen-bond acceptors (Lipinski definition) is 7. The zero-order chi connectivity index (χ0) is 20.9. The number of piperazine rings is 1. The number of aryl methyl sites for hydroxylation is 1. The summed E-state index contributed by atoms with van der Waals surface area (Å²) in [5.41, 5.74) is 1.12. The van der Waals surface area contributed by atoms with E-state index in [0.29, 0.717) is 24.2 Å². The van der Waals surface area contributed by atoms with Gasteiger partial charge in [0, 0.05) is 13.0 Å². The predicted octanol–water partition coefficient (Wildman–Crippen LogP) is 0.335. The third kappa shape index (κ3) is 2.81. The van der Waals surface area contributed by atoms with E-state index in [9.17, 15) is 19.2 Å². The Morgan fingerprint density at radius 1 is 1.34 bits per heavy atom. The predicted molar refractivity (Wildman–Crippen MR) is 97.4 cm³/mol. The number of fused-ring (bicyclic) bond motifs is 5. The number of likely N-dealkylation sites (tertiary alicyclic amines) is 1. The number of ether oxygens (including phenoxy) is 1. The van der Waals surface area contributed by atoms with Crippen molar-refractivity contribution in [3.63, 3.8) is 0 Å². The van der Waals surface area contributed by atoms with Gasteiger partial charge in [0.25, 0.3) is 5.91 Å². The summed E-state index contributed by atoms with van der Waals surface area (Å²) in [5.74, 6) is -1.10. The van der Waals surface area contributed by atoms with Crippen LogP contribution in [0, 0.1) is 18.3 Å². The maximum Gasteiger partial charge on any atom is 0.332 e. The normalized spacial score (nSPS) is 24.7. The molecule has 10 heteroatoms. The van der Waals surface area contributed by atoms with Crippen molar-refractivity contribution in [2.75, 3.05) is 18.6 Å². The van der Waals surface area contributed by atoms with Crippen molar-refractivity contribution in [1.29, 1.82) is 5.26 Å². The van der Waals surface area contributed by atoms with Crippen molar-refractivity contribution in [3.05, 3.63) is 23.5 Å². The first kappa shape index (κ1) is 18.9. The molecule has 0 saturated carbocycles. The summed E-state index contributed by atoms with van der Waals surface area (Å²) < 4.78 is 4.57. The molecule has 3 atom stereocenters. The SMILES string of the molecule is COC(=O)CCC(=O)N1CC2CC1C1C(=O)N(c3cnc(C#N)c(C)c3)C(=O)N21. The smallest absolute Gasteiger partial charge is 0.332 e. The van der Waals surface area contributed by atoms with Gasteiger partial charge in [-0.25, -0.2) is 14.7 Å². The number of rotatable bonds is 4. The Balaban J connectivity index is 1.55. The van der Waals surface area contributed by atoms with Gasteiger partial charge in [-0.15, -0.1) is 0 Å². The fourth-order valence-electron chi connectivity index (χ4n) is 4.44. The number of imide groups is 1. The Kier molecular flexibility index (Phi) is 4.45. The number of carbonyl (C=O) groups excluding carboxylic acids is 4. The van der Waals surface area contributed by atoms with Gasteiger partial charge in [-0.1, -0.05) is 0 Å². The topological polar surface area (TPSA) is 124 Å². The number of anilines is 1. The van der Waals surface area contributed by atoms with Gasteiger partial charge in [-0.3, -0.25) is 14.4 Å². The summed E-state index contributed by atoms with van der Waals surface area (Å²) in [6.07, 6.45) is 1.87. The van der Waals surface area contributed by atoms with Crippen LogP contribution in [0.25, 0.3) is 0 Å². The Morgan fingerprint density at radius 2 is 2.10 bits per heavy atom. The van der Waals surface area contributed by atoms with Crippen molar-refractivity contribution in [2.45, 2.75) is 44.3 Å². The first-order chi connectivity index (χ1) is 13.9. The molecule has 0 N–H and O–H groups in total. The van der Waals surface area contributed by atoms with Crippen LogP contribution >= 0.6 is 0 Å². The Morgan fingerprint density at radius 3 is 2.76 bits per heavy atom. The summed E-state index contributed by atoms with van der Waals surface area (Å²) in [4.78, 5) is 58.1. The van der Waals surface area contributed by atoms with Crippen LogP contribution in [0.1, 0.15) is 30.5 Å². The Bertz CT molecular complexity index is 970. The molecule has 29 heavy (non-hydrogen) atoms. The molecule has 4 heterocycles. The summed E-state index contributed by atoms with van der Waals surface area (Å²) in [7, 11) is 1.26. The van der Waals surface area contributed by atoms with E-state index >= 15 is 0 Å². The molecule has 0 spiro atoms. The Labute approximate surface area is 166 Å². The third-order valence-electron chi connectivity index (χ3n) is 5.78. The Hall–Kier alpha value is -3.48. The number of amides is 4. The number of methoxy groups -OCH3 is 1. The zero-order valence-electron chi connectivity index (χ0n) is 16.0. The minimum Gasteiger partial charge on any atom is -0.469 e. The molecular weight excluding hydrogens is 378 g/mol. The van der Waals surface area contributed by atoms with E-state index in [0.717, 1.165) is 4.90 Å². The summed E-state index contributed by atoms with van der Waals surface area (Å²) in [6, 6.07) is 1.74. The van der Waals surface area contributed by atoms with Crippen LogP contribution in [0.2, 0.25) is 0 Å². The second-order valence-corrected chi connectivity index (χ2v) is 7.36. The highest BCUT2D eigenvalue weighted by atomic mass is 16.5. The minimum absolute atomic E-state index is 0.00714. The molecule has 2 bridgehead atoms. The number of hydrogen-bond donors (Lipinski definition) is 0. The van der Waals surface area contributed by atoms with Crippen LogP contribution in [-0.4, -0.2) is 70.4 Å². The number of aromatic nitrogens is 1. The van der Waals surface area contributed by atoms with Crippen LogP contribution in [0.15, 0.2) is 12.3 Å². The molecule has 1 aromatic heterocycles. The lowest BCUT2D eigenvalue weighted by Gasteiger charge is -2.34. The summed E-state index contributed by atoms with van der Waals surface area (Å²) in [6.45, 7) is 2.03. The highest BCUT2D eigenvalue weighted by Gasteiger charge is 2.62. The van der Waals surface area contributed by atoms with Crippen molar-refractivity contribution in [1.82, 2.24) is 14.8 Å². The van der Waals surface area contributed by atoms with Crippen molar-refractivity contribution >= 4 is 29.5 Å². The monoisotopic (exact) mass is 397 g/mol. The molecular formula is C19H19N5O5. The van der Waals surface area contributed by atoms with E-state index in [1.54, 1.807) is 22.8 Å². The van der Waals surface area contributed by atoms with Gasteiger partial charge >= 0.3 is 12.0 Å². The van der Waals surface area contributed by atoms with Gasteiger partial charge in [0.1, 0.15) is 17.8 Å². The van der Waals surface area contributed by atoms with Crippen LogP contribution in [0.3, 0.4) is 0 Å².